The van der Waals surface area contributed by atoms with Crippen molar-refractivity contribution < 1.29 is 0 Å². The molecule has 0 aliphatic carbocycles. The van der Waals surface area contributed by atoms with Crippen LogP contribution in [0.4, 0.5) is 0 Å². The molecule has 1 fully saturated rings. The third-order valence-corrected chi connectivity index (χ3v) is 3.30. The Hall–Kier alpha value is -0.960. The molecule has 0 radical (unpaired) electrons. The first-order valence-corrected chi connectivity index (χ1v) is 5.76. The molecule has 14 heavy (non-hydrogen) atoms. The van der Waals surface area contributed by atoms with Crippen LogP contribution in [0.2, 0.25) is 0 Å². The van der Waals surface area contributed by atoms with Crippen LogP contribution in [0.1, 0.15) is 11.1 Å². The van der Waals surface area contributed by atoms with Crippen molar-refractivity contribution in [1.82, 2.24) is 4.90 Å². The molecule has 1 aromatic carbocycles. The lowest BCUT2D eigenvalue weighted by atomic mass is 10.1. The average Bonchev–Trinajstić information content (AvgIpc) is 2.56. The van der Waals surface area contributed by atoms with Gasteiger partial charge in [-0.05, 0) is 12.5 Å². The minimum Gasteiger partial charge on any atom is -0.347 e. The van der Waals surface area contributed by atoms with E-state index in [2.05, 4.69) is 36.1 Å². The molecule has 3 heteroatoms. The molecule has 2 rings (SSSR count). The molecule has 1 aliphatic rings. The smallest absolute Gasteiger partial charge is 0.156 e. The molecule has 1 saturated heterocycles. The molecule has 0 aromatic heterocycles. The van der Waals surface area contributed by atoms with E-state index in [-0.39, 0.29) is 0 Å². The average molecular weight is 206 g/mol. The molecule has 0 bridgehead atoms. The lowest BCUT2D eigenvalue weighted by molar-refractivity contribution is 0.455. The summed E-state index contributed by atoms with van der Waals surface area (Å²) < 4.78 is 0. The van der Waals surface area contributed by atoms with Crippen molar-refractivity contribution in [3.8, 4) is 0 Å². The number of benzene rings is 1. The fraction of sp³-hybridized carbons (Fsp3) is 0.364. The van der Waals surface area contributed by atoms with E-state index in [9.17, 15) is 0 Å². The number of hydrogen-bond donors (Lipinski definition) is 1. The van der Waals surface area contributed by atoms with E-state index < -0.39 is 0 Å². The highest BCUT2D eigenvalue weighted by molar-refractivity contribution is 8.14. The standard InChI is InChI=1S/C11H14N2S/c1-9-2-4-10(5-3-9)8-13-6-7-14-11(13)12/h2-5,12H,6-8H2,1H3. The first kappa shape index (κ1) is 9.59. The Morgan fingerprint density at radius 1 is 1.36 bits per heavy atom. The van der Waals surface area contributed by atoms with Gasteiger partial charge in [0.15, 0.2) is 5.17 Å². The zero-order valence-electron chi connectivity index (χ0n) is 8.29. The van der Waals surface area contributed by atoms with E-state index in [4.69, 9.17) is 5.41 Å². The quantitative estimate of drug-likeness (QED) is 0.805. The Kier molecular flexibility index (Phi) is 2.77. The van der Waals surface area contributed by atoms with E-state index in [0.29, 0.717) is 5.17 Å². The topological polar surface area (TPSA) is 27.1 Å². The van der Waals surface area contributed by atoms with Crippen molar-refractivity contribution in [1.29, 1.82) is 5.41 Å². The summed E-state index contributed by atoms with van der Waals surface area (Å²) in [6, 6.07) is 8.54. The molecule has 0 atom stereocenters. The highest BCUT2D eigenvalue weighted by atomic mass is 32.2. The maximum absolute atomic E-state index is 7.69. The fourth-order valence-electron chi connectivity index (χ4n) is 1.51. The minimum atomic E-state index is 0.713. The van der Waals surface area contributed by atoms with Gasteiger partial charge in [-0.3, -0.25) is 5.41 Å². The van der Waals surface area contributed by atoms with Crippen molar-refractivity contribution in [2.75, 3.05) is 12.3 Å². The molecule has 1 heterocycles. The number of nitrogens with zero attached hydrogens (tertiary/aromatic N) is 1. The summed E-state index contributed by atoms with van der Waals surface area (Å²) in [4.78, 5) is 2.12. The van der Waals surface area contributed by atoms with Gasteiger partial charge >= 0.3 is 0 Å². The van der Waals surface area contributed by atoms with Gasteiger partial charge in [0.25, 0.3) is 0 Å². The molecule has 74 valence electrons. The van der Waals surface area contributed by atoms with Gasteiger partial charge in [-0.2, -0.15) is 0 Å². The molecule has 0 unspecified atom stereocenters. The maximum atomic E-state index is 7.69. The summed E-state index contributed by atoms with van der Waals surface area (Å²) in [7, 11) is 0. The van der Waals surface area contributed by atoms with Crippen molar-refractivity contribution in [3.63, 3.8) is 0 Å². The Bertz CT molecular complexity index is 332. The number of rotatable bonds is 2. The maximum Gasteiger partial charge on any atom is 0.156 e. The Balaban J connectivity index is 2.03. The summed E-state index contributed by atoms with van der Waals surface area (Å²) in [5.41, 5.74) is 2.59. The summed E-state index contributed by atoms with van der Waals surface area (Å²) in [5.74, 6) is 1.06. The zero-order valence-corrected chi connectivity index (χ0v) is 9.10. The highest BCUT2D eigenvalue weighted by Gasteiger charge is 2.17. The number of nitrogens with one attached hydrogen (secondary N) is 1. The van der Waals surface area contributed by atoms with Crippen molar-refractivity contribution in [2.24, 2.45) is 0 Å². The molecule has 0 amide bonds. The molecular weight excluding hydrogens is 192 g/mol. The van der Waals surface area contributed by atoms with E-state index >= 15 is 0 Å². The number of amidine groups is 1. The summed E-state index contributed by atoms with van der Waals surface area (Å²) in [5, 5.41) is 8.40. The van der Waals surface area contributed by atoms with Crippen LogP contribution in [0.3, 0.4) is 0 Å². The first-order chi connectivity index (χ1) is 6.75. The first-order valence-electron chi connectivity index (χ1n) is 4.77. The minimum absolute atomic E-state index is 0.713. The molecule has 2 nitrogen and oxygen atoms in total. The largest absolute Gasteiger partial charge is 0.347 e. The van der Waals surface area contributed by atoms with E-state index in [1.165, 1.54) is 11.1 Å². The lowest BCUT2D eigenvalue weighted by Gasteiger charge is -2.16. The van der Waals surface area contributed by atoms with E-state index in [0.717, 1.165) is 18.8 Å². The Morgan fingerprint density at radius 2 is 2.07 bits per heavy atom. The van der Waals surface area contributed by atoms with Crippen LogP contribution >= 0.6 is 11.8 Å². The number of hydrogen-bond acceptors (Lipinski definition) is 2. The molecule has 1 aromatic rings. The van der Waals surface area contributed by atoms with Crippen LogP contribution in [-0.2, 0) is 6.54 Å². The van der Waals surface area contributed by atoms with Gasteiger partial charge in [0.05, 0.1) is 0 Å². The monoisotopic (exact) mass is 206 g/mol. The van der Waals surface area contributed by atoms with Gasteiger partial charge in [-0.1, -0.05) is 41.6 Å². The Labute approximate surface area is 88.8 Å². The van der Waals surface area contributed by atoms with Gasteiger partial charge < -0.3 is 4.90 Å². The van der Waals surface area contributed by atoms with E-state index in [1.54, 1.807) is 11.8 Å². The number of aryl methyl sites for hydroxylation is 1. The third-order valence-electron chi connectivity index (χ3n) is 2.38. The lowest BCUT2D eigenvalue weighted by Crippen LogP contribution is -2.22. The van der Waals surface area contributed by atoms with Crippen molar-refractivity contribution in [2.45, 2.75) is 13.5 Å². The van der Waals surface area contributed by atoms with Crippen LogP contribution in [0, 0.1) is 12.3 Å². The summed E-state index contributed by atoms with van der Waals surface area (Å²) in [6.45, 7) is 3.99. The van der Waals surface area contributed by atoms with Gasteiger partial charge in [0.1, 0.15) is 0 Å². The van der Waals surface area contributed by atoms with Gasteiger partial charge in [0, 0.05) is 18.8 Å². The van der Waals surface area contributed by atoms with Gasteiger partial charge in [0.2, 0.25) is 0 Å². The third kappa shape index (κ3) is 2.10. The Morgan fingerprint density at radius 3 is 2.64 bits per heavy atom. The second-order valence-corrected chi connectivity index (χ2v) is 4.64. The molecule has 1 aliphatic heterocycles. The fourth-order valence-corrected chi connectivity index (χ4v) is 2.35. The highest BCUT2D eigenvalue weighted by Crippen LogP contribution is 2.18. The van der Waals surface area contributed by atoms with Crippen molar-refractivity contribution >= 4 is 16.9 Å². The molecular formula is C11H14N2S. The van der Waals surface area contributed by atoms with Crippen LogP contribution in [0.25, 0.3) is 0 Å². The van der Waals surface area contributed by atoms with Crippen LogP contribution in [0.15, 0.2) is 24.3 Å². The zero-order chi connectivity index (χ0) is 9.97. The van der Waals surface area contributed by atoms with Crippen LogP contribution in [0.5, 0.6) is 0 Å². The van der Waals surface area contributed by atoms with Crippen LogP contribution in [-0.4, -0.2) is 22.4 Å². The predicted octanol–water partition coefficient (Wildman–Crippen LogP) is 2.48. The second kappa shape index (κ2) is 4.05. The van der Waals surface area contributed by atoms with Crippen molar-refractivity contribution in [3.05, 3.63) is 35.4 Å². The molecule has 0 saturated carbocycles. The summed E-state index contributed by atoms with van der Waals surface area (Å²) in [6.07, 6.45) is 0. The van der Waals surface area contributed by atoms with Gasteiger partial charge in [-0.25, -0.2) is 0 Å². The van der Waals surface area contributed by atoms with Gasteiger partial charge in [-0.15, -0.1) is 0 Å². The normalized spacial score (nSPS) is 16.4. The number of thioether (sulfide) groups is 1. The predicted molar refractivity (Wildman–Crippen MR) is 61.8 cm³/mol. The molecule has 1 N–H and O–H groups in total. The SMILES string of the molecule is Cc1ccc(CN2CCSC2=N)cc1. The van der Waals surface area contributed by atoms with E-state index in [1.807, 2.05) is 0 Å². The second-order valence-electron chi connectivity index (χ2n) is 3.56. The summed E-state index contributed by atoms with van der Waals surface area (Å²) >= 11 is 1.64. The van der Waals surface area contributed by atoms with Crippen LogP contribution < -0.4 is 0 Å². The molecule has 0 spiro atoms.